The van der Waals surface area contributed by atoms with E-state index in [1.165, 1.54) is 5.56 Å². The van der Waals surface area contributed by atoms with Crippen LogP contribution in [0.25, 0.3) is 0 Å². The van der Waals surface area contributed by atoms with Crippen LogP contribution >= 0.6 is 0 Å². The zero-order valence-electron chi connectivity index (χ0n) is 20.1. The second kappa shape index (κ2) is 12.8. The van der Waals surface area contributed by atoms with Gasteiger partial charge in [-0.05, 0) is 23.1 Å². The maximum absolute atomic E-state index is 12.9. The van der Waals surface area contributed by atoms with Crippen LogP contribution < -0.4 is 10.6 Å². The molecule has 1 aliphatic rings. The molecule has 0 aromatic heterocycles. The minimum Gasteiger partial charge on any atom is -0.351 e. The normalized spacial score (nSPS) is 15.3. The van der Waals surface area contributed by atoms with Crippen molar-refractivity contribution in [3.05, 3.63) is 108 Å². The molecule has 0 radical (unpaired) electrons. The number of rotatable bonds is 10. The summed E-state index contributed by atoms with van der Waals surface area (Å²) < 4.78 is 0. The summed E-state index contributed by atoms with van der Waals surface area (Å²) in [5.74, 6) is 0.0653. The van der Waals surface area contributed by atoms with Crippen LogP contribution in [0, 0.1) is 0 Å². The molecular formula is C29H34N4O2. The van der Waals surface area contributed by atoms with Gasteiger partial charge in [-0.2, -0.15) is 0 Å². The third-order valence-corrected chi connectivity index (χ3v) is 6.35. The van der Waals surface area contributed by atoms with Crippen LogP contribution in [0.1, 0.15) is 22.7 Å². The summed E-state index contributed by atoms with van der Waals surface area (Å²) >= 11 is 0. The fourth-order valence-electron chi connectivity index (χ4n) is 4.39. The van der Waals surface area contributed by atoms with Crippen LogP contribution in [-0.2, 0) is 22.6 Å². The van der Waals surface area contributed by atoms with Gasteiger partial charge < -0.3 is 10.6 Å². The first-order chi connectivity index (χ1) is 17.2. The van der Waals surface area contributed by atoms with Crippen molar-refractivity contribution in [2.24, 2.45) is 0 Å². The number of carbonyl (C=O) groups excluding carboxylic acids is 2. The Bertz CT molecular complexity index is 1050. The highest BCUT2D eigenvalue weighted by atomic mass is 16.2. The lowest BCUT2D eigenvalue weighted by Crippen LogP contribution is -2.51. The molecule has 1 heterocycles. The first-order valence-electron chi connectivity index (χ1n) is 12.3. The number of nitrogens with one attached hydrogen (secondary N) is 2. The molecule has 3 aromatic carbocycles. The molecule has 0 aliphatic carbocycles. The van der Waals surface area contributed by atoms with E-state index in [1.54, 1.807) is 0 Å². The first kappa shape index (κ1) is 24.6. The number of hydrogen-bond acceptors (Lipinski definition) is 4. The molecule has 0 bridgehead atoms. The summed E-state index contributed by atoms with van der Waals surface area (Å²) in [4.78, 5) is 29.6. The van der Waals surface area contributed by atoms with Gasteiger partial charge in [0.2, 0.25) is 11.8 Å². The van der Waals surface area contributed by atoms with Crippen LogP contribution in [0.4, 0.5) is 0 Å². The van der Waals surface area contributed by atoms with E-state index in [2.05, 4.69) is 44.7 Å². The number of amides is 2. The molecule has 3 aromatic rings. The van der Waals surface area contributed by atoms with Crippen molar-refractivity contribution in [2.75, 3.05) is 39.3 Å². The highest BCUT2D eigenvalue weighted by Crippen LogP contribution is 2.18. The molecule has 1 atom stereocenters. The van der Waals surface area contributed by atoms with Gasteiger partial charge in [-0.15, -0.1) is 0 Å². The molecule has 6 heteroatoms. The monoisotopic (exact) mass is 470 g/mol. The summed E-state index contributed by atoms with van der Waals surface area (Å²) in [6, 6.07) is 30.2. The molecule has 2 amide bonds. The fraction of sp³-hybridized carbons (Fsp3) is 0.310. The van der Waals surface area contributed by atoms with E-state index in [0.29, 0.717) is 19.6 Å². The summed E-state index contributed by atoms with van der Waals surface area (Å²) in [5, 5.41) is 6.23. The second-order valence-corrected chi connectivity index (χ2v) is 9.04. The largest absolute Gasteiger partial charge is 0.351 e. The van der Waals surface area contributed by atoms with Crippen LogP contribution in [0.3, 0.4) is 0 Å². The predicted octanol–water partition coefficient (Wildman–Crippen LogP) is 3.02. The third kappa shape index (κ3) is 8.05. The summed E-state index contributed by atoms with van der Waals surface area (Å²) in [7, 11) is 0. The smallest absolute Gasteiger partial charge is 0.234 e. The number of nitrogens with zero attached hydrogens (tertiary/aromatic N) is 2. The van der Waals surface area contributed by atoms with Crippen LogP contribution in [0.5, 0.6) is 0 Å². The lowest BCUT2D eigenvalue weighted by atomic mass is 9.99. The average molecular weight is 471 g/mol. The molecule has 4 rings (SSSR count). The fourth-order valence-corrected chi connectivity index (χ4v) is 4.39. The van der Waals surface area contributed by atoms with E-state index in [1.807, 2.05) is 66.7 Å². The minimum atomic E-state index is -0.0688. The zero-order valence-corrected chi connectivity index (χ0v) is 20.1. The van der Waals surface area contributed by atoms with Gasteiger partial charge in [-0.3, -0.25) is 19.4 Å². The van der Waals surface area contributed by atoms with Gasteiger partial charge in [0, 0.05) is 32.7 Å². The van der Waals surface area contributed by atoms with Crippen LogP contribution in [0.15, 0.2) is 91.0 Å². The van der Waals surface area contributed by atoms with E-state index in [4.69, 9.17) is 0 Å². The number of hydrogen-bond donors (Lipinski definition) is 2. The highest BCUT2D eigenvalue weighted by Gasteiger charge is 2.22. The lowest BCUT2D eigenvalue weighted by molar-refractivity contribution is -0.125. The Morgan fingerprint density at radius 1 is 0.657 bits per heavy atom. The molecule has 182 valence electrons. The number of piperazine rings is 1. The number of carbonyl (C=O) groups is 2. The predicted molar refractivity (Wildman–Crippen MR) is 139 cm³/mol. The second-order valence-electron chi connectivity index (χ2n) is 9.04. The Morgan fingerprint density at radius 2 is 1.14 bits per heavy atom. The van der Waals surface area contributed by atoms with E-state index in [0.717, 1.165) is 43.7 Å². The van der Waals surface area contributed by atoms with Crippen molar-refractivity contribution in [1.29, 1.82) is 0 Å². The standard InChI is InChI=1S/C29H34N4O2/c34-28(30-21-25-12-6-2-7-13-25)22-32-16-18-33(19-17-32)23-29(35)31-27(26-14-8-3-9-15-26)20-24-10-4-1-5-11-24/h1-15,27H,16-23H2,(H,30,34)(H,31,35). The van der Waals surface area contributed by atoms with E-state index < -0.39 is 0 Å². The summed E-state index contributed by atoms with van der Waals surface area (Å²) in [6.45, 7) is 4.40. The molecule has 0 saturated carbocycles. The molecule has 1 unspecified atom stereocenters. The maximum Gasteiger partial charge on any atom is 0.234 e. The topological polar surface area (TPSA) is 64.7 Å². The van der Waals surface area contributed by atoms with Crippen molar-refractivity contribution in [3.63, 3.8) is 0 Å². The summed E-state index contributed by atoms with van der Waals surface area (Å²) in [6.07, 6.45) is 0.752. The lowest BCUT2D eigenvalue weighted by Gasteiger charge is -2.34. The molecular weight excluding hydrogens is 436 g/mol. The van der Waals surface area contributed by atoms with Gasteiger partial charge in [0.15, 0.2) is 0 Å². The third-order valence-electron chi connectivity index (χ3n) is 6.35. The molecule has 6 nitrogen and oxygen atoms in total. The van der Waals surface area contributed by atoms with Gasteiger partial charge in [0.1, 0.15) is 0 Å². The Hall–Kier alpha value is -3.48. The van der Waals surface area contributed by atoms with Gasteiger partial charge >= 0.3 is 0 Å². The van der Waals surface area contributed by atoms with Crippen molar-refractivity contribution >= 4 is 11.8 Å². The zero-order chi connectivity index (χ0) is 24.3. The first-order valence-corrected chi connectivity index (χ1v) is 12.3. The molecule has 35 heavy (non-hydrogen) atoms. The minimum absolute atomic E-state index is 0.0313. The van der Waals surface area contributed by atoms with Crippen molar-refractivity contribution in [1.82, 2.24) is 20.4 Å². The van der Waals surface area contributed by atoms with Gasteiger partial charge in [0.25, 0.3) is 0 Å². The van der Waals surface area contributed by atoms with Crippen molar-refractivity contribution in [2.45, 2.75) is 19.0 Å². The van der Waals surface area contributed by atoms with Crippen molar-refractivity contribution < 1.29 is 9.59 Å². The Labute approximate surface area is 207 Å². The molecule has 0 spiro atoms. The van der Waals surface area contributed by atoms with Crippen LogP contribution in [0.2, 0.25) is 0 Å². The Balaban J connectivity index is 1.22. The van der Waals surface area contributed by atoms with E-state index in [-0.39, 0.29) is 17.9 Å². The van der Waals surface area contributed by atoms with Gasteiger partial charge in [-0.25, -0.2) is 0 Å². The Morgan fingerprint density at radius 3 is 1.71 bits per heavy atom. The number of benzene rings is 3. The molecule has 1 saturated heterocycles. The summed E-state index contributed by atoms with van der Waals surface area (Å²) in [5.41, 5.74) is 3.40. The molecule has 1 fully saturated rings. The Kier molecular flexibility index (Phi) is 9.04. The molecule has 2 N–H and O–H groups in total. The molecule has 1 aliphatic heterocycles. The van der Waals surface area contributed by atoms with Crippen molar-refractivity contribution in [3.8, 4) is 0 Å². The quantitative estimate of drug-likeness (QED) is 0.478. The average Bonchev–Trinajstić information content (AvgIpc) is 2.90. The van der Waals surface area contributed by atoms with E-state index in [9.17, 15) is 9.59 Å². The van der Waals surface area contributed by atoms with E-state index >= 15 is 0 Å². The SMILES string of the molecule is O=C(CN1CCN(CC(=O)NC(Cc2ccccc2)c2ccccc2)CC1)NCc1ccccc1. The van der Waals surface area contributed by atoms with Crippen LogP contribution in [-0.4, -0.2) is 60.9 Å². The maximum atomic E-state index is 12.9. The van der Waals surface area contributed by atoms with Gasteiger partial charge in [0.05, 0.1) is 19.1 Å². The van der Waals surface area contributed by atoms with Gasteiger partial charge in [-0.1, -0.05) is 91.0 Å². The highest BCUT2D eigenvalue weighted by molar-refractivity contribution is 5.79.